The molecule has 18 heavy (non-hydrogen) atoms. The Balaban J connectivity index is 2.89. The van der Waals surface area contributed by atoms with E-state index in [4.69, 9.17) is 22.3 Å². The summed E-state index contributed by atoms with van der Waals surface area (Å²) in [4.78, 5) is 0. The van der Waals surface area contributed by atoms with Gasteiger partial charge in [-0.1, -0.05) is 11.8 Å². The highest BCUT2D eigenvalue weighted by Crippen LogP contribution is 2.30. The van der Waals surface area contributed by atoms with Crippen molar-refractivity contribution < 1.29 is 9.47 Å². The Hall–Kier alpha value is -2.10. The number of nitrogens with one attached hydrogen (secondary N) is 1. The molecular formula is C15H17NO2. The monoisotopic (exact) mass is 243 g/mol. The van der Waals surface area contributed by atoms with E-state index in [0.717, 1.165) is 24.1 Å². The molecule has 0 spiro atoms. The maximum Gasteiger partial charge on any atom is 0.161 e. The van der Waals surface area contributed by atoms with Crippen molar-refractivity contribution in [2.24, 2.45) is 0 Å². The molecule has 0 aliphatic heterocycles. The molecule has 94 valence electrons. The summed E-state index contributed by atoms with van der Waals surface area (Å²) >= 11 is 0. The van der Waals surface area contributed by atoms with Crippen molar-refractivity contribution in [2.75, 3.05) is 27.3 Å². The van der Waals surface area contributed by atoms with Gasteiger partial charge in [0.15, 0.2) is 11.5 Å². The molecule has 0 unspecified atom stereocenters. The Kier molecular flexibility index (Phi) is 5.64. The fourth-order valence-electron chi connectivity index (χ4n) is 1.65. The molecule has 0 aliphatic rings. The minimum absolute atomic E-state index is 0.554. The van der Waals surface area contributed by atoms with E-state index >= 15 is 0 Å². The van der Waals surface area contributed by atoms with Crippen LogP contribution in [0.1, 0.15) is 11.1 Å². The van der Waals surface area contributed by atoms with Crippen LogP contribution in [0.3, 0.4) is 0 Å². The summed E-state index contributed by atoms with van der Waals surface area (Å²) in [5, 5.41) is 3.12. The molecule has 1 aromatic rings. The molecule has 0 aromatic heterocycles. The van der Waals surface area contributed by atoms with Crippen LogP contribution in [0, 0.1) is 24.7 Å². The molecule has 0 saturated carbocycles. The Labute approximate surface area is 108 Å². The summed E-state index contributed by atoms with van der Waals surface area (Å²) in [5.74, 6) is 6.51. The predicted octanol–water partition coefficient (Wildman–Crippen LogP) is 1.45. The lowest BCUT2D eigenvalue weighted by atomic mass is 10.0. The largest absolute Gasteiger partial charge is 0.493 e. The van der Waals surface area contributed by atoms with Gasteiger partial charge in [-0.05, 0) is 24.1 Å². The molecular weight excluding hydrogens is 226 g/mol. The number of hydrogen-bond acceptors (Lipinski definition) is 3. The lowest BCUT2D eigenvalue weighted by Gasteiger charge is -2.12. The van der Waals surface area contributed by atoms with Gasteiger partial charge in [-0.25, -0.2) is 0 Å². The lowest BCUT2D eigenvalue weighted by Crippen LogP contribution is -2.17. The Morgan fingerprint density at radius 3 is 2.39 bits per heavy atom. The van der Waals surface area contributed by atoms with Gasteiger partial charge in [-0.3, -0.25) is 0 Å². The zero-order chi connectivity index (χ0) is 13.4. The quantitative estimate of drug-likeness (QED) is 0.606. The number of benzene rings is 1. The lowest BCUT2D eigenvalue weighted by molar-refractivity contribution is 0.354. The molecule has 1 N–H and O–H groups in total. The highest BCUT2D eigenvalue weighted by molar-refractivity contribution is 5.52. The molecule has 3 heteroatoms. The van der Waals surface area contributed by atoms with Crippen molar-refractivity contribution in [3.05, 3.63) is 23.3 Å². The van der Waals surface area contributed by atoms with Gasteiger partial charge >= 0.3 is 0 Å². The standard InChI is InChI=1S/C15H17NO2/c1-5-8-16-9-7-13-11-15(18-4)14(17-3)10-12(13)6-2/h1-2,10-11,16H,7-9H2,3-4H3. The average Bonchev–Trinajstić information content (AvgIpc) is 2.42. The number of terminal acetylenes is 2. The summed E-state index contributed by atoms with van der Waals surface area (Å²) in [6.07, 6.45) is 11.5. The number of ether oxygens (including phenoxy) is 2. The number of hydrogen-bond donors (Lipinski definition) is 1. The fraction of sp³-hybridized carbons (Fsp3) is 0.333. The second-order valence-corrected chi connectivity index (χ2v) is 3.64. The van der Waals surface area contributed by atoms with E-state index in [9.17, 15) is 0 Å². The van der Waals surface area contributed by atoms with E-state index in [-0.39, 0.29) is 0 Å². The normalized spacial score (nSPS) is 9.33. The SMILES string of the molecule is C#CCNCCc1cc(OC)c(OC)cc1C#C. The van der Waals surface area contributed by atoms with Crippen LogP contribution >= 0.6 is 0 Å². The van der Waals surface area contributed by atoms with E-state index in [1.54, 1.807) is 14.2 Å². The number of rotatable bonds is 6. The minimum Gasteiger partial charge on any atom is -0.493 e. The van der Waals surface area contributed by atoms with Crippen LogP contribution in [-0.4, -0.2) is 27.3 Å². The molecule has 0 amide bonds. The van der Waals surface area contributed by atoms with Gasteiger partial charge < -0.3 is 14.8 Å². The fourth-order valence-corrected chi connectivity index (χ4v) is 1.65. The van der Waals surface area contributed by atoms with Crippen molar-refractivity contribution >= 4 is 0 Å². The topological polar surface area (TPSA) is 30.5 Å². The van der Waals surface area contributed by atoms with Gasteiger partial charge in [0.1, 0.15) is 0 Å². The molecule has 3 nitrogen and oxygen atoms in total. The van der Waals surface area contributed by atoms with E-state index in [1.807, 2.05) is 12.1 Å². The molecule has 0 fully saturated rings. The van der Waals surface area contributed by atoms with E-state index in [1.165, 1.54) is 0 Å². The van der Waals surface area contributed by atoms with Crippen molar-refractivity contribution in [1.29, 1.82) is 0 Å². The maximum absolute atomic E-state index is 5.50. The second kappa shape index (κ2) is 7.27. The first kappa shape index (κ1) is 14.0. The van der Waals surface area contributed by atoms with Crippen LogP contribution in [-0.2, 0) is 6.42 Å². The van der Waals surface area contributed by atoms with Crippen LogP contribution < -0.4 is 14.8 Å². The highest BCUT2D eigenvalue weighted by atomic mass is 16.5. The van der Waals surface area contributed by atoms with Gasteiger partial charge in [0.05, 0.1) is 20.8 Å². The first-order valence-corrected chi connectivity index (χ1v) is 5.62. The van der Waals surface area contributed by atoms with Crippen molar-refractivity contribution in [1.82, 2.24) is 5.32 Å². The van der Waals surface area contributed by atoms with E-state index in [0.29, 0.717) is 18.0 Å². The summed E-state index contributed by atoms with van der Waals surface area (Å²) in [7, 11) is 3.19. The zero-order valence-electron chi connectivity index (χ0n) is 10.7. The summed E-state index contributed by atoms with van der Waals surface area (Å²) in [5.41, 5.74) is 1.86. The van der Waals surface area contributed by atoms with Crippen LogP contribution in [0.4, 0.5) is 0 Å². The van der Waals surface area contributed by atoms with Gasteiger partial charge in [0.2, 0.25) is 0 Å². The van der Waals surface area contributed by atoms with Gasteiger partial charge in [0, 0.05) is 12.1 Å². The Bertz CT molecular complexity index is 480. The van der Waals surface area contributed by atoms with Gasteiger partial charge in [-0.15, -0.1) is 12.8 Å². The Morgan fingerprint density at radius 1 is 1.17 bits per heavy atom. The maximum atomic E-state index is 5.50. The smallest absolute Gasteiger partial charge is 0.161 e. The minimum atomic E-state index is 0.554. The van der Waals surface area contributed by atoms with E-state index in [2.05, 4.69) is 17.2 Å². The van der Waals surface area contributed by atoms with Crippen molar-refractivity contribution in [3.8, 4) is 36.2 Å². The predicted molar refractivity (Wildman–Crippen MR) is 72.9 cm³/mol. The molecule has 0 bridgehead atoms. The van der Waals surface area contributed by atoms with Gasteiger partial charge in [0.25, 0.3) is 0 Å². The van der Waals surface area contributed by atoms with E-state index < -0.39 is 0 Å². The highest BCUT2D eigenvalue weighted by Gasteiger charge is 2.09. The van der Waals surface area contributed by atoms with Crippen LogP contribution in [0.25, 0.3) is 0 Å². The summed E-state index contributed by atoms with van der Waals surface area (Å²) < 4.78 is 10.5. The molecule has 0 radical (unpaired) electrons. The van der Waals surface area contributed by atoms with Gasteiger partial charge in [-0.2, -0.15) is 0 Å². The number of methoxy groups -OCH3 is 2. The second-order valence-electron chi connectivity index (χ2n) is 3.64. The van der Waals surface area contributed by atoms with Crippen molar-refractivity contribution in [2.45, 2.75) is 6.42 Å². The molecule has 0 heterocycles. The van der Waals surface area contributed by atoms with Crippen LogP contribution in [0.2, 0.25) is 0 Å². The molecule has 1 aromatic carbocycles. The molecule has 0 saturated heterocycles. The zero-order valence-corrected chi connectivity index (χ0v) is 10.7. The third-order valence-electron chi connectivity index (χ3n) is 2.56. The first-order chi connectivity index (χ1) is 8.76. The van der Waals surface area contributed by atoms with Crippen LogP contribution in [0.15, 0.2) is 12.1 Å². The molecule has 0 aliphatic carbocycles. The molecule has 0 atom stereocenters. The van der Waals surface area contributed by atoms with Crippen molar-refractivity contribution in [3.63, 3.8) is 0 Å². The third-order valence-corrected chi connectivity index (χ3v) is 2.56. The molecule has 1 rings (SSSR count). The summed E-state index contributed by atoms with van der Waals surface area (Å²) in [6, 6.07) is 3.72. The summed E-state index contributed by atoms with van der Waals surface area (Å²) in [6.45, 7) is 1.33. The average molecular weight is 243 g/mol. The third kappa shape index (κ3) is 3.45. The first-order valence-electron chi connectivity index (χ1n) is 5.62. The Morgan fingerprint density at radius 2 is 1.83 bits per heavy atom. The van der Waals surface area contributed by atoms with Crippen LogP contribution in [0.5, 0.6) is 11.5 Å².